The number of phosphoric ester groups is 1. The Bertz CT molecular complexity index is 450. The molecule has 7 nitrogen and oxygen atoms in total. The molecular formula is C14H27O7PS2. The summed E-state index contributed by atoms with van der Waals surface area (Å²) >= 11 is 0. The summed E-state index contributed by atoms with van der Waals surface area (Å²) in [6, 6.07) is 0. The molecule has 0 bridgehead atoms. The van der Waals surface area contributed by atoms with Gasteiger partial charge in [0.05, 0.1) is 6.61 Å². The maximum Gasteiger partial charge on any atom is 0.469 e. The summed E-state index contributed by atoms with van der Waals surface area (Å²) in [5.41, 5.74) is -1.13. The molecule has 1 atom stereocenters. The van der Waals surface area contributed by atoms with Crippen molar-refractivity contribution < 1.29 is 33.6 Å². The predicted molar refractivity (Wildman–Crippen MR) is 96.9 cm³/mol. The number of Topliss-reactive ketones (excluding diaryl/α,β-unsaturated/α-hetero) is 2. The van der Waals surface area contributed by atoms with E-state index in [2.05, 4.69) is 4.52 Å². The first-order chi connectivity index (χ1) is 11.0. The summed E-state index contributed by atoms with van der Waals surface area (Å²) in [6.07, 6.45) is 2.58. The molecule has 3 N–H and O–H groups in total. The molecule has 0 aromatic rings. The Morgan fingerprint density at radius 3 is 2.29 bits per heavy atom. The van der Waals surface area contributed by atoms with Gasteiger partial charge in [0.2, 0.25) is 0 Å². The molecule has 0 fully saturated rings. The highest BCUT2D eigenvalue weighted by Crippen LogP contribution is 2.39. The van der Waals surface area contributed by atoms with E-state index >= 15 is 0 Å². The third-order valence-electron chi connectivity index (χ3n) is 3.33. The second-order valence-electron chi connectivity index (χ2n) is 6.11. The van der Waals surface area contributed by atoms with Gasteiger partial charge in [-0.05, 0) is 19.1 Å². The topological polar surface area (TPSA) is 121 Å². The Kier molecular flexibility index (Phi) is 11.7. The minimum Gasteiger partial charge on any atom is -0.385 e. The van der Waals surface area contributed by atoms with Gasteiger partial charge in [-0.3, -0.25) is 14.1 Å². The Labute approximate surface area is 150 Å². The lowest BCUT2D eigenvalue weighted by Crippen LogP contribution is -2.39. The highest BCUT2D eigenvalue weighted by Gasteiger charge is 2.35. The molecule has 0 aliphatic carbocycles. The molecule has 0 heterocycles. The van der Waals surface area contributed by atoms with Crippen LogP contribution in [0.15, 0.2) is 0 Å². The molecule has 0 aromatic heterocycles. The van der Waals surface area contributed by atoms with Crippen molar-refractivity contribution in [2.24, 2.45) is 5.41 Å². The van der Waals surface area contributed by atoms with Crippen LogP contribution in [0.1, 0.15) is 46.0 Å². The van der Waals surface area contributed by atoms with Gasteiger partial charge in [-0.2, -0.15) is 0 Å². The van der Waals surface area contributed by atoms with Gasteiger partial charge >= 0.3 is 7.82 Å². The van der Waals surface area contributed by atoms with E-state index in [4.69, 9.17) is 9.79 Å². The Morgan fingerprint density at radius 2 is 1.75 bits per heavy atom. The summed E-state index contributed by atoms with van der Waals surface area (Å²) in [4.78, 5) is 41.0. The number of hydrogen-bond donors (Lipinski definition) is 3. The molecule has 0 aromatic carbocycles. The molecule has 142 valence electrons. The number of carbonyl (C=O) groups is 2. The van der Waals surface area contributed by atoms with Crippen molar-refractivity contribution in [2.45, 2.75) is 52.1 Å². The number of hydrogen-bond acceptors (Lipinski definition) is 7. The fraction of sp³-hybridized carbons (Fsp3) is 0.857. The number of phosphoric acid groups is 1. The van der Waals surface area contributed by atoms with Crippen molar-refractivity contribution in [2.75, 3.05) is 18.6 Å². The molecule has 10 heteroatoms. The van der Waals surface area contributed by atoms with Gasteiger partial charge in [-0.15, -0.1) is 0 Å². The molecule has 0 amide bonds. The van der Waals surface area contributed by atoms with E-state index in [1.807, 2.05) is 6.26 Å². The third kappa shape index (κ3) is 11.6. The largest absolute Gasteiger partial charge is 0.469 e. The first-order valence-electron chi connectivity index (χ1n) is 7.58. The Morgan fingerprint density at radius 1 is 1.17 bits per heavy atom. The fourth-order valence-electron chi connectivity index (χ4n) is 1.90. The van der Waals surface area contributed by atoms with Crippen molar-refractivity contribution in [3.05, 3.63) is 0 Å². The maximum atomic E-state index is 12.0. The molecule has 0 unspecified atom stereocenters. The smallest absolute Gasteiger partial charge is 0.385 e. The van der Waals surface area contributed by atoms with Crippen LogP contribution in [0.25, 0.3) is 0 Å². The number of ketones is 2. The van der Waals surface area contributed by atoms with Gasteiger partial charge in [0.1, 0.15) is 11.9 Å². The number of rotatable bonds is 14. The molecule has 0 aliphatic rings. The lowest BCUT2D eigenvalue weighted by molar-refractivity contribution is -0.134. The molecule has 0 spiro atoms. The lowest BCUT2D eigenvalue weighted by Gasteiger charge is -2.29. The fourth-order valence-corrected chi connectivity index (χ4v) is 3.68. The summed E-state index contributed by atoms with van der Waals surface area (Å²) in [6.45, 7) is 2.52. The minimum atomic E-state index is -4.65. The normalized spacial score (nSPS) is 13.8. The maximum absolute atomic E-state index is 12.0. The van der Waals surface area contributed by atoms with E-state index < -0.39 is 31.7 Å². The number of aliphatic hydroxyl groups excluding tert-OH is 1. The molecule has 0 rings (SSSR count). The number of aliphatic hydroxyl groups is 1. The van der Waals surface area contributed by atoms with Gasteiger partial charge in [0.15, 0.2) is 5.78 Å². The molecule has 0 aliphatic heterocycles. The minimum absolute atomic E-state index is 0.0474. The third-order valence-corrected chi connectivity index (χ3v) is 5.69. The van der Waals surface area contributed by atoms with Crippen LogP contribution >= 0.6 is 29.4 Å². The van der Waals surface area contributed by atoms with Gasteiger partial charge in [0.25, 0.3) is 0 Å². The zero-order valence-corrected chi connectivity index (χ0v) is 16.8. The van der Waals surface area contributed by atoms with Gasteiger partial charge < -0.3 is 14.9 Å². The first kappa shape index (κ1) is 24.1. The van der Waals surface area contributed by atoms with E-state index in [1.54, 1.807) is 21.6 Å². The quantitative estimate of drug-likeness (QED) is 0.229. The van der Waals surface area contributed by atoms with Crippen LogP contribution < -0.4 is 0 Å². The summed E-state index contributed by atoms with van der Waals surface area (Å²) < 4.78 is 15.1. The van der Waals surface area contributed by atoms with Crippen LogP contribution in [-0.4, -0.2) is 51.2 Å². The van der Waals surface area contributed by atoms with Crippen LogP contribution in [0.5, 0.6) is 0 Å². The molecule has 0 saturated heterocycles. The van der Waals surface area contributed by atoms with E-state index in [1.165, 1.54) is 13.8 Å². The highest BCUT2D eigenvalue weighted by atomic mass is 33.1. The number of carbonyl (C=O) groups excluding carboxylic acids is 2. The van der Waals surface area contributed by atoms with Crippen molar-refractivity contribution in [3.8, 4) is 0 Å². The highest BCUT2D eigenvalue weighted by molar-refractivity contribution is 8.76. The Balaban J connectivity index is 4.13. The van der Waals surface area contributed by atoms with Gasteiger partial charge in [0, 0.05) is 30.4 Å². The first-order valence-corrected chi connectivity index (χ1v) is 11.8. The molecule has 24 heavy (non-hydrogen) atoms. The van der Waals surface area contributed by atoms with E-state index in [-0.39, 0.29) is 12.2 Å². The van der Waals surface area contributed by atoms with Crippen molar-refractivity contribution >= 4 is 41.0 Å². The van der Waals surface area contributed by atoms with Crippen molar-refractivity contribution in [3.63, 3.8) is 0 Å². The monoisotopic (exact) mass is 402 g/mol. The SMILES string of the molecule is CSSCCCC(=O)CCCC(=O)[C@H](O)C(C)(C)COP(=O)(O)O. The summed E-state index contributed by atoms with van der Waals surface area (Å²) in [5, 5.41) is 10.0. The Hall–Kier alpha value is 0.110. The molecular weight excluding hydrogens is 375 g/mol. The van der Waals surface area contributed by atoms with Crippen molar-refractivity contribution in [1.29, 1.82) is 0 Å². The predicted octanol–water partition coefficient (Wildman–Crippen LogP) is 2.58. The second kappa shape index (κ2) is 11.7. The van der Waals surface area contributed by atoms with Crippen LogP contribution in [0.4, 0.5) is 0 Å². The van der Waals surface area contributed by atoms with E-state index in [0.29, 0.717) is 19.3 Å². The molecule has 0 radical (unpaired) electrons. The molecule has 0 saturated carbocycles. The lowest BCUT2D eigenvalue weighted by atomic mass is 9.84. The summed E-state index contributed by atoms with van der Waals surface area (Å²) in [7, 11) is -1.29. The zero-order valence-electron chi connectivity index (χ0n) is 14.3. The van der Waals surface area contributed by atoms with Gasteiger partial charge in [-0.1, -0.05) is 35.4 Å². The van der Waals surface area contributed by atoms with E-state index in [9.17, 15) is 19.3 Å². The van der Waals surface area contributed by atoms with Crippen LogP contribution in [0.2, 0.25) is 0 Å². The second-order valence-corrected chi connectivity index (χ2v) is 10.0. The standard InChI is InChI=1S/C14H27O7PS2/c1-14(2,10-21-22(18,19)20)13(17)12(16)8-4-6-11(15)7-5-9-24-23-3/h13,17H,4-10H2,1-3H3,(H2,18,19,20)/t13-/m0/s1. The van der Waals surface area contributed by atoms with Crippen LogP contribution in [0.3, 0.4) is 0 Å². The van der Waals surface area contributed by atoms with Crippen LogP contribution in [-0.2, 0) is 18.7 Å². The average molecular weight is 402 g/mol. The zero-order chi connectivity index (χ0) is 18.8. The average Bonchev–Trinajstić information content (AvgIpc) is 2.48. The van der Waals surface area contributed by atoms with E-state index in [0.717, 1.165) is 12.2 Å². The van der Waals surface area contributed by atoms with Crippen molar-refractivity contribution in [1.82, 2.24) is 0 Å². The van der Waals surface area contributed by atoms with Gasteiger partial charge in [-0.25, -0.2) is 4.57 Å². The summed E-state index contributed by atoms with van der Waals surface area (Å²) in [5.74, 6) is 0.557. The van der Waals surface area contributed by atoms with Crippen LogP contribution in [0, 0.1) is 5.41 Å².